The molecule has 5 atom stereocenters. The first-order chi connectivity index (χ1) is 30.6. The van der Waals surface area contributed by atoms with E-state index in [0.717, 1.165) is 30.4 Å². The molecule has 2 aromatic carbocycles. The lowest BCUT2D eigenvalue weighted by molar-refractivity contribution is -0.144. The van der Waals surface area contributed by atoms with E-state index in [0.29, 0.717) is 18.4 Å². The van der Waals surface area contributed by atoms with Crippen LogP contribution in [0.25, 0.3) is 11.1 Å². The zero-order chi connectivity index (χ0) is 48.7. The van der Waals surface area contributed by atoms with E-state index in [1.807, 2.05) is 26.0 Å². The van der Waals surface area contributed by atoms with Crippen LogP contribution in [0.3, 0.4) is 0 Å². The zero-order valence-corrected chi connectivity index (χ0v) is 39.4. The average Bonchev–Trinajstić information content (AvgIpc) is 3.25. The summed E-state index contributed by atoms with van der Waals surface area (Å²) in [5.74, 6) is -5.45. The molecule has 0 aliphatic rings. The van der Waals surface area contributed by atoms with Crippen molar-refractivity contribution in [2.45, 2.75) is 143 Å². The third kappa shape index (κ3) is 21.5. The second-order valence-electron chi connectivity index (χ2n) is 17.4. The van der Waals surface area contributed by atoms with Crippen molar-refractivity contribution in [3.63, 3.8) is 0 Å². The highest BCUT2D eigenvalue weighted by atomic mass is 16.6. The minimum atomic E-state index is -1.57. The highest BCUT2D eigenvalue weighted by Crippen LogP contribution is 2.21. The summed E-state index contributed by atoms with van der Waals surface area (Å²) in [5.41, 5.74) is 2.96. The Labute approximate surface area is 382 Å². The van der Waals surface area contributed by atoms with Gasteiger partial charge in [-0.15, -0.1) is 0 Å². The topological polar surface area (TPSA) is 259 Å². The third-order valence-electron chi connectivity index (χ3n) is 9.91. The monoisotopic (exact) mass is 910 g/mol. The predicted octanol–water partition coefficient (Wildman–Crippen LogP) is 3.75. The fourth-order valence-corrected chi connectivity index (χ4v) is 6.21. The van der Waals surface area contributed by atoms with Gasteiger partial charge in [0.05, 0.1) is 12.5 Å². The van der Waals surface area contributed by atoms with Gasteiger partial charge >= 0.3 is 12.1 Å². The smallest absolute Gasteiger partial charge is 0.407 e. The molecule has 0 radical (unpaired) electrons. The number of unbranched alkanes of at least 4 members (excludes halogenated alkanes) is 2. The molecule has 0 bridgehead atoms. The lowest BCUT2D eigenvalue weighted by atomic mass is 10.0. The number of hydrogen-bond donors (Lipinski definition) is 8. The van der Waals surface area contributed by atoms with Crippen LogP contribution >= 0.6 is 0 Å². The summed E-state index contributed by atoms with van der Waals surface area (Å²) in [6.45, 7) is 14.4. The minimum Gasteiger partial charge on any atom is -0.480 e. The Balaban J connectivity index is 2.18. The van der Waals surface area contributed by atoms with Crippen molar-refractivity contribution in [2.24, 2.45) is 5.92 Å². The minimum absolute atomic E-state index is 0.0449. The first kappa shape index (κ1) is 55.1. The van der Waals surface area contributed by atoms with Crippen molar-refractivity contribution in [1.82, 2.24) is 37.2 Å². The molecule has 65 heavy (non-hydrogen) atoms. The molecular weight excluding hydrogens is 839 g/mol. The number of rotatable bonds is 27. The predicted molar refractivity (Wildman–Crippen MR) is 245 cm³/mol. The zero-order valence-electron chi connectivity index (χ0n) is 39.4. The standard InChI is InChI=1S/C47H71N7O11/c1-10-11-14-32-16-18-33(19-17-32)34-20-22-35(23-21-34)42(58)49-26-24-38(55)52-36(15-12-13-25-50-46(63)65-47(6,7)8)43(59)54-40(31(5)64-28-29(2)3)44(60)51-30(4)41(57)53-37(45(61)62)27-39(56)48-9/h16-23,29-31,36-37,40H,10-15,24-28H2,1-9H3,(H,48,56)(H,49,58)(H,50,63)(H,51,60)(H,52,55)(H,53,57)(H,54,59)(H,61,62). The van der Waals surface area contributed by atoms with Crippen LogP contribution in [-0.2, 0) is 44.7 Å². The summed E-state index contributed by atoms with van der Waals surface area (Å²) < 4.78 is 11.2. The van der Waals surface area contributed by atoms with Crippen molar-refractivity contribution in [3.05, 3.63) is 59.7 Å². The third-order valence-corrected chi connectivity index (χ3v) is 9.91. The number of amides is 7. The van der Waals surface area contributed by atoms with E-state index in [1.54, 1.807) is 39.8 Å². The molecule has 8 N–H and O–H groups in total. The van der Waals surface area contributed by atoms with Gasteiger partial charge in [-0.3, -0.25) is 28.8 Å². The summed E-state index contributed by atoms with van der Waals surface area (Å²) >= 11 is 0. The molecule has 2 rings (SSSR count). The average molecular weight is 910 g/mol. The summed E-state index contributed by atoms with van der Waals surface area (Å²) in [7, 11) is 1.32. The maximum atomic E-state index is 14.0. The van der Waals surface area contributed by atoms with Crippen LogP contribution < -0.4 is 37.2 Å². The maximum Gasteiger partial charge on any atom is 0.407 e. The van der Waals surface area contributed by atoms with Gasteiger partial charge in [0.2, 0.25) is 29.5 Å². The van der Waals surface area contributed by atoms with Crippen LogP contribution in [0, 0.1) is 5.92 Å². The quantitative estimate of drug-likeness (QED) is 0.0599. The number of benzene rings is 2. The fraction of sp³-hybridized carbons (Fsp3) is 0.574. The number of alkyl carbamates (subject to hydrolysis) is 1. The SMILES string of the molecule is CCCCc1ccc(-c2ccc(C(=O)NCCC(=O)NC(CCCCNC(=O)OC(C)(C)C)C(=O)NC(C(=O)NC(C)C(=O)NC(CC(=O)NC)C(=O)O)C(C)OCC(C)C)cc2)cc1. The molecule has 5 unspecified atom stereocenters. The summed E-state index contributed by atoms with van der Waals surface area (Å²) in [6, 6.07) is 10.0. The van der Waals surface area contributed by atoms with Gasteiger partial charge in [0.15, 0.2) is 0 Å². The van der Waals surface area contributed by atoms with Crippen LogP contribution in [0.15, 0.2) is 48.5 Å². The number of aliphatic carboxylic acids is 1. The molecule has 7 amide bonds. The van der Waals surface area contributed by atoms with E-state index in [-0.39, 0.29) is 44.4 Å². The molecule has 0 saturated heterocycles. The summed E-state index contributed by atoms with van der Waals surface area (Å²) in [6.07, 6.45) is 1.84. The highest BCUT2D eigenvalue weighted by molar-refractivity contribution is 5.96. The number of hydrogen-bond acceptors (Lipinski definition) is 10. The highest BCUT2D eigenvalue weighted by Gasteiger charge is 2.34. The van der Waals surface area contributed by atoms with Gasteiger partial charge in [0.1, 0.15) is 29.8 Å². The Morgan fingerprint density at radius 3 is 1.89 bits per heavy atom. The molecule has 18 nitrogen and oxygen atoms in total. The van der Waals surface area contributed by atoms with Crippen molar-refractivity contribution in [2.75, 3.05) is 26.7 Å². The van der Waals surface area contributed by atoms with E-state index in [4.69, 9.17) is 9.47 Å². The van der Waals surface area contributed by atoms with Crippen molar-refractivity contribution in [3.8, 4) is 11.1 Å². The van der Waals surface area contributed by atoms with Crippen LogP contribution in [0.2, 0.25) is 0 Å². The fourth-order valence-electron chi connectivity index (χ4n) is 6.21. The van der Waals surface area contributed by atoms with Crippen molar-refractivity contribution in [1.29, 1.82) is 0 Å². The number of ether oxygens (including phenoxy) is 2. The van der Waals surface area contributed by atoms with E-state index in [1.165, 1.54) is 19.5 Å². The van der Waals surface area contributed by atoms with Gasteiger partial charge in [-0.05, 0) is 101 Å². The largest absolute Gasteiger partial charge is 0.480 e. The lowest BCUT2D eigenvalue weighted by Crippen LogP contribution is -2.60. The molecule has 0 aliphatic heterocycles. The Morgan fingerprint density at radius 1 is 0.692 bits per heavy atom. The Bertz CT molecular complexity index is 1880. The molecule has 0 heterocycles. The van der Waals surface area contributed by atoms with E-state index >= 15 is 0 Å². The number of carboxylic acid groups (broad SMARTS) is 1. The van der Waals surface area contributed by atoms with E-state index in [9.17, 15) is 43.5 Å². The van der Waals surface area contributed by atoms with Gasteiger partial charge < -0.3 is 51.8 Å². The Hall–Kier alpha value is -6.04. The van der Waals surface area contributed by atoms with Crippen molar-refractivity contribution >= 4 is 47.5 Å². The van der Waals surface area contributed by atoms with E-state index < -0.39 is 83.9 Å². The van der Waals surface area contributed by atoms with E-state index in [2.05, 4.69) is 68.4 Å². The normalized spacial score (nSPS) is 13.5. The molecule has 0 aliphatic carbocycles. The maximum absolute atomic E-state index is 14.0. The molecule has 18 heteroatoms. The van der Waals surface area contributed by atoms with Gasteiger partial charge in [-0.25, -0.2) is 9.59 Å². The number of carbonyl (C=O) groups excluding carboxylic acids is 7. The molecule has 0 aromatic heterocycles. The molecule has 0 spiro atoms. The van der Waals surface area contributed by atoms with Crippen LogP contribution in [0.1, 0.15) is 116 Å². The van der Waals surface area contributed by atoms with Crippen LogP contribution in [0.5, 0.6) is 0 Å². The summed E-state index contributed by atoms with van der Waals surface area (Å²) in [4.78, 5) is 103. The number of nitrogens with one attached hydrogen (secondary N) is 7. The number of carbonyl (C=O) groups is 8. The van der Waals surface area contributed by atoms with Gasteiger partial charge in [-0.2, -0.15) is 0 Å². The molecule has 0 saturated carbocycles. The second-order valence-corrected chi connectivity index (χ2v) is 17.4. The molecule has 2 aromatic rings. The van der Waals surface area contributed by atoms with Gasteiger partial charge in [0, 0.05) is 38.7 Å². The van der Waals surface area contributed by atoms with Crippen LogP contribution in [-0.4, -0.2) is 115 Å². The molecular formula is C47H71N7O11. The number of carboxylic acids is 1. The number of aryl methyl sites for hydroxylation is 1. The van der Waals surface area contributed by atoms with Gasteiger partial charge in [-0.1, -0.05) is 63.6 Å². The van der Waals surface area contributed by atoms with Gasteiger partial charge in [0.25, 0.3) is 5.91 Å². The Morgan fingerprint density at radius 2 is 1.32 bits per heavy atom. The Kier molecular flexibility index (Phi) is 23.7. The molecule has 360 valence electrons. The molecule has 0 fully saturated rings. The second kappa shape index (κ2) is 28.0. The first-order valence-electron chi connectivity index (χ1n) is 22.3. The summed E-state index contributed by atoms with van der Waals surface area (Å²) in [5, 5.41) is 27.3. The first-order valence-corrected chi connectivity index (χ1v) is 22.3. The van der Waals surface area contributed by atoms with Crippen LogP contribution in [0.4, 0.5) is 4.79 Å². The van der Waals surface area contributed by atoms with Crippen molar-refractivity contribution < 1.29 is 52.9 Å². The lowest BCUT2D eigenvalue weighted by Gasteiger charge is -2.29.